The summed E-state index contributed by atoms with van der Waals surface area (Å²) in [4.78, 5) is 21.7. The standard InChI is InChI=1S/C23H29N3O2/c1-28-21-7-4-5-19(15-21)17-26-18-23(16-22(26)27)9-13-25(14-10-23)12-8-20-6-2-3-11-24-20/h2-7,11,15H,8-10,12-14,16-18H2,1H3. The fourth-order valence-corrected chi connectivity index (χ4v) is 4.52. The number of piperidine rings is 1. The van der Waals surface area contributed by atoms with Crippen LogP contribution >= 0.6 is 0 Å². The van der Waals surface area contributed by atoms with Gasteiger partial charge in [-0.3, -0.25) is 9.78 Å². The first-order chi connectivity index (χ1) is 13.7. The second kappa shape index (κ2) is 8.31. The Morgan fingerprint density at radius 3 is 2.75 bits per heavy atom. The number of carbonyl (C=O) groups excluding carboxylic acids is 1. The number of amides is 1. The monoisotopic (exact) mass is 379 g/mol. The molecule has 0 saturated carbocycles. The summed E-state index contributed by atoms with van der Waals surface area (Å²) in [5.41, 5.74) is 2.46. The molecule has 2 saturated heterocycles. The van der Waals surface area contributed by atoms with E-state index in [1.54, 1.807) is 7.11 Å². The number of ether oxygens (including phenoxy) is 1. The zero-order valence-corrected chi connectivity index (χ0v) is 16.6. The Kier molecular flexibility index (Phi) is 5.62. The number of likely N-dealkylation sites (tertiary alicyclic amines) is 2. The van der Waals surface area contributed by atoms with Gasteiger partial charge >= 0.3 is 0 Å². The van der Waals surface area contributed by atoms with Gasteiger partial charge in [0.1, 0.15) is 5.75 Å². The quantitative estimate of drug-likeness (QED) is 0.774. The number of pyridine rings is 1. The number of carbonyl (C=O) groups is 1. The van der Waals surface area contributed by atoms with E-state index in [2.05, 4.69) is 28.1 Å². The number of aromatic nitrogens is 1. The topological polar surface area (TPSA) is 45.7 Å². The molecule has 0 radical (unpaired) electrons. The minimum atomic E-state index is 0.164. The summed E-state index contributed by atoms with van der Waals surface area (Å²) in [6.45, 7) is 4.77. The summed E-state index contributed by atoms with van der Waals surface area (Å²) in [6, 6.07) is 14.1. The van der Waals surface area contributed by atoms with Crippen molar-refractivity contribution in [3.05, 3.63) is 59.9 Å². The van der Waals surface area contributed by atoms with Crippen LogP contribution in [0, 0.1) is 5.41 Å². The van der Waals surface area contributed by atoms with Gasteiger partial charge in [0.15, 0.2) is 0 Å². The molecule has 28 heavy (non-hydrogen) atoms. The van der Waals surface area contributed by atoms with Crippen molar-refractivity contribution in [3.63, 3.8) is 0 Å². The number of hydrogen-bond donors (Lipinski definition) is 0. The molecule has 1 aromatic carbocycles. The SMILES string of the molecule is COc1cccc(CN2CC3(CCN(CCc4ccccn4)CC3)CC2=O)c1. The van der Waals surface area contributed by atoms with E-state index < -0.39 is 0 Å². The average molecular weight is 380 g/mol. The molecule has 148 valence electrons. The van der Waals surface area contributed by atoms with E-state index >= 15 is 0 Å². The molecule has 0 N–H and O–H groups in total. The normalized spacial score (nSPS) is 19.3. The molecule has 4 rings (SSSR count). The molecule has 0 aliphatic carbocycles. The van der Waals surface area contributed by atoms with Crippen molar-refractivity contribution in [3.8, 4) is 5.75 Å². The van der Waals surface area contributed by atoms with Gasteiger partial charge in [-0.2, -0.15) is 0 Å². The third-order valence-electron chi connectivity index (χ3n) is 6.24. The lowest BCUT2D eigenvalue weighted by molar-refractivity contribution is -0.128. The van der Waals surface area contributed by atoms with Gasteiger partial charge in [-0.1, -0.05) is 18.2 Å². The van der Waals surface area contributed by atoms with Crippen molar-refractivity contribution < 1.29 is 9.53 Å². The first-order valence-electron chi connectivity index (χ1n) is 10.2. The maximum atomic E-state index is 12.7. The summed E-state index contributed by atoms with van der Waals surface area (Å²) < 4.78 is 5.31. The minimum absolute atomic E-state index is 0.164. The molecule has 5 heteroatoms. The van der Waals surface area contributed by atoms with Crippen molar-refractivity contribution >= 4 is 5.91 Å². The zero-order chi connectivity index (χ0) is 19.4. The van der Waals surface area contributed by atoms with Crippen LogP contribution in [-0.2, 0) is 17.8 Å². The first-order valence-corrected chi connectivity index (χ1v) is 10.2. The Balaban J connectivity index is 1.30. The van der Waals surface area contributed by atoms with E-state index in [0.717, 1.165) is 62.4 Å². The first kappa shape index (κ1) is 18.9. The maximum Gasteiger partial charge on any atom is 0.223 e. The predicted molar refractivity (Wildman–Crippen MR) is 109 cm³/mol. The molecule has 0 atom stereocenters. The molecule has 0 unspecified atom stereocenters. The lowest BCUT2D eigenvalue weighted by atomic mass is 9.77. The number of nitrogens with zero attached hydrogens (tertiary/aromatic N) is 3. The van der Waals surface area contributed by atoms with Crippen LogP contribution in [0.25, 0.3) is 0 Å². The molecule has 2 aliphatic heterocycles. The van der Waals surface area contributed by atoms with E-state index in [-0.39, 0.29) is 5.41 Å². The number of hydrogen-bond acceptors (Lipinski definition) is 4. The highest BCUT2D eigenvalue weighted by atomic mass is 16.5. The van der Waals surface area contributed by atoms with Crippen LogP contribution in [0.5, 0.6) is 5.75 Å². The fraction of sp³-hybridized carbons (Fsp3) is 0.478. The molecule has 1 amide bonds. The van der Waals surface area contributed by atoms with Gasteiger partial charge < -0.3 is 14.5 Å². The Morgan fingerprint density at radius 2 is 2.00 bits per heavy atom. The van der Waals surface area contributed by atoms with Gasteiger partial charge in [0.25, 0.3) is 0 Å². The summed E-state index contributed by atoms with van der Waals surface area (Å²) in [6.07, 6.45) is 5.77. The maximum absolute atomic E-state index is 12.7. The highest BCUT2D eigenvalue weighted by Gasteiger charge is 2.44. The molecule has 1 aromatic heterocycles. The summed E-state index contributed by atoms with van der Waals surface area (Å²) in [5.74, 6) is 1.14. The van der Waals surface area contributed by atoms with Gasteiger partial charge in [-0.15, -0.1) is 0 Å². The second-order valence-corrected chi connectivity index (χ2v) is 8.19. The van der Waals surface area contributed by atoms with E-state index in [1.165, 1.54) is 0 Å². The van der Waals surface area contributed by atoms with Gasteiger partial charge in [0, 0.05) is 44.4 Å². The summed E-state index contributed by atoms with van der Waals surface area (Å²) >= 11 is 0. The zero-order valence-electron chi connectivity index (χ0n) is 16.6. The lowest BCUT2D eigenvalue weighted by Crippen LogP contribution is -2.42. The Labute approximate surface area is 167 Å². The molecule has 5 nitrogen and oxygen atoms in total. The van der Waals surface area contributed by atoms with Gasteiger partial charge in [-0.25, -0.2) is 0 Å². The predicted octanol–water partition coefficient (Wildman–Crippen LogP) is 3.15. The van der Waals surface area contributed by atoms with Crippen LogP contribution in [0.3, 0.4) is 0 Å². The fourth-order valence-electron chi connectivity index (χ4n) is 4.52. The summed E-state index contributed by atoms with van der Waals surface area (Å²) in [7, 11) is 1.68. The van der Waals surface area contributed by atoms with Crippen LogP contribution < -0.4 is 4.74 Å². The van der Waals surface area contributed by atoms with Crippen molar-refractivity contribution in [1.82, 2.24) is 14.8 Å². The van der Waals surface area contributed by atoms with Crippen molar-refractivity contribution in [2.75, 3.05) is 33.3 Å². The highest BCUT2D eigenvalue weighted by molar-refractivity contribution is 5.79. The Bertz CT molecular complexity index is 801. The van der Waals surface area contributed by atoms with Crippen molar-refractivity contribution in [1.29, 1.82) is 0 Å². The van der Waals surface area contributed by atoms with Crippen LogP contribution in [-0.4, -0.2) is 54.0 Å². The molecule has 2 aromatic rings. The number of benzene rings is 1. The van der Waals surface area contributed by atoms with E-state index in [4.69, 9.17) is 4.74 Å². The van der Waals surface area contributed by atoms with E-state index in [0.29, 0.717) is 18.9 Å². The third-order valence-corrected chi connectivity index (χ3v) is 6.24. The molecular formula is C23H29N3O2. The number of methoxy groups -OCH3 is 1. The van der Waals surface area contributed by atoms with Crippen LogP contribution in [0.1, 0.15) is 30.5 Å². The Morgan fingerprint density at radius 1 is 1.14 bits per heavy atom. The van der Waals surface area contributed by atoms with E-state index in [1.807, 2.05) is 35.4 Å². The molecule has 2 fully saturated rings. The van der Waals surface area contributed by atoms with E-state index in [9.17, 15) is 4.79 Å². The van der Waals surface area contributed by atoms with Crippen molar-refractivity contribution in [2.45, 2.75) is 32.2 Å². The second-order valence-electron chi connectivity index (χ2n) is 8.19. The molecular weight excluding hydrogens is 350 g/mol. The molecule has 1 spiro atoms. The van der Waals surface area contributed by atoms with Gasteiger partial charge in [-0.05, 0) is 61.2 Å². The summed E-state index contributed by atoms with van der Waals surface area (Å²) in [5, 5.41) is 0. The average Bonchev–Trinajstić information content (AvgIpc) is 3.03. The third kappa shape index (κ3) is 4.36. The molecule has 3 heterocycles. The molecule has 2 aliphatic rings. The van der Waals surface area contributed by atoms with Crippen LogP contribution in [0.2, 0.25) is 0 Å². The number of rotatable bonds is 6. The van der Waals surface area contributed by atoms with Gasteiger partial charge in [0.05, 0.1) is 7.11 Å². The minimum Gasteiger partial charge on any atom is -0.497 e. The smallest absolute Gasteiger partial charge is 0.223 e. The largest absolute Gasteiger partial charge is 0.497 e. The highest BCUT2D eigenvalue weighted by Crippen LogP contribution is 2.41. The lowest BCUT2D eigenvalue weighted by Gasteiger charge is -2.38. The van der Waals surface area contributed by atoms with Crippen LogP contribution in [0.15, 0.2) is 48.7 Å². The van der Waals surface area contributed by atoms with Crippen LogP contribution in [0.4, 0.5) is 0 Å². The van der Waals surface area contributed by atoms with Gasteiger partial charge in [0.2, 0.25) is 5.91 Å². The Hall–Kier alpha value is -2.40. The molecule has 0 bridgehead atoms. The van der Waals surface area contributed by atoms with Crippen molar-refractivity contribution in [2.24, 2.45) is 5.41 Å².